The zero-order valence-electron chi connectivity index (χ0n) is 11.8. The van der Waals surface area contributed by atoms with Crippen molar-refractivity contribution in [3.63, 3.8) is 0 Å². The molecule has 1 heterocycles. The molecule has 3 nitrogen and oxygen atoms in total. The highest BCUT2D eigenvalue weighted by atomic mass is 16.7. The minimum atomic E-state index is 0.219. The van der Waals surface area contributed by atoms with Crippen LogP contribution in [-0.2, 0) is 6.42 Å². The third-order valence-corrected chi connectivity index (χ3v) is 3.62. The minimum absolute atomic E-state index is 0.219. The monoisotopic (exact) mass is 269 g/mol. The molecule has 0 bridgehead atoms. The summed E-state index contributed by atoms with van der Waals surface area (Å²) in [6.07, 6.45) is 1.05. The van der Waals surface area contributed by atoms with Crippen molar-refractivity contribution in [2.45, 2.75) is 26.3 Å². The molecule has 2 aromatic rings. The summed E-state index contributed by atoms with van der Waals surface area (Å²) in [7, 11) is 0. The van der Waals surface area contributed by atoms with Gasteiger partial charge in [-0.05, 0) is 48.7 Å². The van der Waals surface area contributed by atoms with E-state index in [1.807, 2.05) is 12.1 Å². The number of benzene rings is 2. The molecule has 0 fully saturated rings. The molecule has 2 aromatic carbocycles. The van der Waals surface area contributed by atoms with Crippen LogP contribution in [0.15, 0.2) is 42.5 Å². The van der Waals surface area contributed by atoms with Crippen molar-refractivity contribution in [2.24, 2.45) is 0 Å². The van der Waals surface area contributed by atoms with Crippen molar-refractivity contribution in [1.29, 1.82) is 0 Å². The van der Waals surface area contributed by atoms with Crippen LogP contribution in [0.4, 0.5) is 5.69 Å². The maximum absolute atomic E-state index is 5.43. The van der Waals surface area contributed by atoms with Crippen molar-refractivity contribution < 1.29 is 9.47 Å². The van der Waals surface area contributed by atoms with Crippen LogP contribution < -0.4 is 14.8 Å². The van der Waals surface area contributed by atoms with Gasteiger partial charge in [-0.25, -0.2) is 0 Å². The van der Waals surface area contributed by atoms with Gasteiger partial charge in [-0.1, -0.05) is 25.1 Å². The molecule has 104 valence electrons. The summed E-state index contributed by atoms with van der Waals surface area (Å²) in [6.45, 7) is 4.63. The molecule has 1 atom stereocenters. The third kappa shape index (κ3) is 2.57. The van der Waals surface area contributed by atoms with Crippen LogP contribution in [0.3, 0.4) is 0 Å². The van der Waals surface area contributed by atoms with Crippen molar-refractivity contribution in [2.75, 3.05) is 12.1 Å². The first-order valence-corrected chi connectivity index (χ1v) is 7.01. The van der Waals surface area contributed by atoms with Crippen LogP contribution in [0.2, 0.25) is 0 Å². The smallest absolute Gasteiger partial charge is 0.231 e. The van der Waals surface area contributed by atoms with Gasteiger partial charge in [0.15, 0.2) is 11.5 Å². The van der Waals surface area contributed by atoms with E-state index in [9.17, 15) is 0 Å². The zero-order valence-corrected chi connectivity index (χ0v) is 11.8. The number of rotatable bonds is 4. The van der Waals surface area contributed by atoms with Crippen molar-refractivity contribution in [3.05, 3.63) is 53.6 Å². The van der Waals surface area contributed by atoms with Crippen molar-refractivity contribution in [3.8, 4) is 11.5 Å². The Morgan fingerprint density at radius 2 is 1.95 bits per heavy atom. The summed E-state index contributed by atoms with van der Waals surface area (Å²) in [5.41, 5.74) is 3.68. The van der Waals surface area contributed by atoms with Crippen LogP contribution >= 0.6 is 0 Å². The first-order valence-electron chi connectivity index (χ1n) is 7.01. The molecule has 1 aliphatic rings. The average Bonchev–Trinajstić information content (AvgIpc) is 2.94. The Labute approximate surface area is 119 Å². The zero-order chi connectivity index (χ0) is 13.9. The second-order valence-electron chi connectivity index (χ2n) is 5.03. The highest BCUT2D eigenvalue weighted by Crippen LogP contribution is 2.34. The number of hydrogen-bond donors (Lipinski definition) is 1. The predicted molar refractivity (Wildman–Crippen MR) is 80.4 cm³/mol. The topological polar surface area (TPSA) is 30.5 Å². The first kappa shape index (κ1) is 12.9. The van der Waals surface area contributed by atoms with E-state index >= 15 is 0 Å². The summed E-state index contributed by atoms with van der Waals surface area (Å²) in [5, 5.41) is 3.53. The molecule has 1 aliphatic heterocycles. The number of hydrogen-bond acceptors (Lipinski definition) is 3. The van der Waals surface area contributed by atoms with E-state index in [0.717, 1.165) is 23.6 Å². The fourth-order valence-electron chi connectivity index (χ4n) is 2.40. The van der Waals surface area contributed by atoms with E-state index < -0.39 is 0 Å². The molecule has 0 spiro atoms. The molecule has 1 unspecified atom stereocenters. The molecule has 20 heavy (non-hydrogen) atoms. The van der Waals surface area contributed by atoms with E-state index in [2.05, 4.69) is 49.5 Å². The van der Waals surface area contributed by atoms with Crippen LogP contribution in [0, 0.1) is 0 Å². The van der Waals surface area contributed by atoms with Crippen LogP contribution in [0.25, 0.3) is 0 Å². The fraction of sp³-hybridized carbons (Fsp3) is 0.294. The van der Waals surface area contributed by atoms with E-state index in [4.69, 9.17) is 9.47 Å². The Balaban J connectivity index is 1.77. The second kappa shape index (κ2) is 5.45. The summed E-state index contributed by atoms with van der Waals surface area (Å²) < 4.78 is 10.8. The molecule has 0 saturated heterocycles. The normalized spacial score (nSPS) is 14.1. The van der Waals surface area contributed by atoms with Gasteiger partial charge in [-0.2, -0.15) is 0 Å². The first-order chi connectivity index (χ1) is 9.76. The lowest BCUT2D eigenvalue weighted by molar-refractivity contribution is 0.174. The molecule has 0 amide bonds. The van der Waals surface area contributed by atoms with Crippen molar-refractivity contribution >= 4 is 5.69 Å². The Morgan fingerprint density at radius 1 is 1.10 bits per heavy atom. The Bertz CT molecular complexity index is 610. The lowest BCUT2D eigenvalue weighted by Gasteiger charge is -2.16. The molecule has 0 aliphatic carbocycles. The molecule has 3 heteroatoms. The van der Waals surface area contributed by atoms with Gasteiger partial charge < -0.3 is 14.8 Å². The van der Waals surface area contributed by atoms with Gasteiger partial charge in [0.1, 0.15) is 0 Å². The molecule has 0 aromatic heterocycles. The average molecular weight is 269 g/mol. The SMILES string of the molecule is CCc1cccc(NC(C)c2ccc3c(c2)OCO3)c1. The van der Waals surface area contributed by atoms with E-state index in [1.54, 1.807) is 0 Å². The number of fused-ring (bicyclic) bond motifs is 1. The lowest BCUT2D eigenvalue weighted by atomic mass is 10.1. The molecule has 0 radical (unpaired) electrons. The molecule has 0 saturated carbocycles. The van der Waals surface area contributed by atoms with E-state index in [0.29, 0.717) is 6.79 Å². The number of aryl methyl sites for hydroxylation is 1. The molecule has 1 N–H and O–H groups in total. The number of anilines is 1. The summed E-state index contributed by atoms with van der Waals surface area (Å²) in [6, 6.07) is 14.9. The van der Waals surface area contributed by atoms with Gasteiger partial charge in [0.05, 0.1) is 0 Å². The highest BCUT2D eigenvalue weighted by Gasteiger charge is 2.15. The third-order valence-electron chi connectivity index (χ3n) is 3.62. The van der Waals surface area contributed by atoms with Gasteiger partial charge in [0, 0.05) is 11.7 Å². The van der Waals surface area contributed by atoms with Gasteiger partial charge in [0.25, 0.3) is 0 Å². The highest BCUT2D eigenvalue weighted by molar-refractivity contribution is 5.50. The largest absolute Gasteiger partial charge is 0.454 e. The minimum Gasteiger partial charge on any atom is -0.454 e. The number of ether oxygens (including phenoxy) is 2. The van der Waals surface area contributed by atoms with E-state index in [-0.39, 0.29) is 6.04 Å². The van der Waals surface area contributed by atoms with Crippen molar-refractivity contribution in [1.82, 2.24) is 0 Å². The fourth-order valence-corrected chi connectivity index (χ4v) is 2.40. The quantitative estimate of drug-likeness (QED) is 0.904. The maximum atomic E-state index is 5.43. The summed E-state index contributed by atoms with van der Waals surface area (Å²) >= 11 is 0. The van der Waals surface area contributed by atoms with E-state index in [1.165, 1.54) is 11.1 Å². The molecular formula is C17H19NO2. The van der Waals surface area contributed by atoms with Gasteiger partial charge in [-0.15, -0.1) is 0 Å². The van der Waals surface area contributed by atoms with Crippen LogP contribution in [0.1, 0.15) is 31.0 Å². The van der Waals surface area contributed by atoms with Crippen LogP contribution in [0.5, 0.6) is 11.5 Å². The van der Waals surface area contributed by atoms with Gasteiger partial charge in [-0.3, -0.25) is 0 Å². The Morgan fingerprint density at radius 3 is 2.80 bits per heavy atom. The Kier molecular flexibility index (Phi) is 3.50. The summed E-state index contributed by atoms with van der Waals surface area (Å²) in [5.74, 6) is 1.66. The van der Waals surface area contributed by atoms with Gasteiger partial charge in [0.2, 0.25) is 6.79 Å². The van der Waals surface area contributed by atoms with Gasteiger partial charge >= 0.3 is 0 Å². The van der Waals surface area contributed by atoms with Crippen LogP contribution in [-0.4, -0.2) is 6.79 Å². The maximum Gasteiger partial charge on any atom is 0.231 e. The molecular weight excluding hydrogens is 250 g/mol. The predicted octanol–water partition coefficient (Wildman–Crippen LogP) is 4.15. The number of nitrogens with one attached hydrogen (secondary N) is 1. The standard InChI is InChI=1S/C17H19NO2/c1-3-13-5-4-6-15(9-13)18-12(2)14-7-8-16-17(10-14)20-11-19-16/h4-10,12,18H,3,11H2,1-2H3. The lowest BCUT2D eigenvalue weighted by Crippen LogP contribution is -2.06. The second-order valence-corrected chi connectivity index (χ2v) is 5.03. The summed E-state index contributed by atoms with van der Waals surface area (Å²) in [4.78, 5) is 0. The molecule has 3 rings (SSSR count). The Hall–Kier alpha value is -2.16.